The summed E-state index contributed by atoms with van der Waals surface area (Å²) >= 11 is 3.34. The van der Waals surface area contributed by atoms with Gasteiger partial charge in [0.25, 0.3) is 5.91 Å². The predicted octanol–water partition coefficient (Wildman–Crippen LogP) is 2.39. The summed E-state index contributed by atoms with van der Waals surface area (Å²) in [5, 5.41) is 0. The molecule has 1 amide bonds. The number of ketones is 1. The molecule has 0 radical (unpaired) electrons. The highest BCUT2D eigenvalue weighted by molar-refractivity contribution is 9.10. The smallest absolute Gasteiger partial charge is 0.257 e. The normalized spacial score (nSPS) is 14.8. The minimum Gasteiger partial charge on any atom is -0.496 e. The number of nitrogens with zero attached hydrogens (tertiary/aromatic N) is 1. The lowest BCUT2D eigenvalue weighted by molar-refractivity contribution is -0.115. The molecule has 2 rings (SSSR count). The first-order chi connectivity index (χ1) is 8.61. The van der Waals surface area contributed by atoms with Crippen LogP contribution in [-0.2, 0) is 4.79 Å². The summed E-state index contributed by atoms with van der Waals surface area (Å²) in [4.78, 5) is 24.8. The molecule has 5 heteroatoms. The highest BCUT2D eigenvalue weighted by Crippen LogP contribution is 2.26. The van der Waals surface area contributed by atoms with E-state index in [0.717, 1.165) is 4.47 Å². The Morgan fingerprint density at radius 3 is 2.83 bits per heavy atom. The number of hydrogen-bond acceptors (Lipinski definition) is 3. The van der Waals surface area contributed by atoms with E-state index in [-0.39, 0.29) is 11.7 Å². The number of rotatable bonds is 2. The second-order valence-electron chi connectivity index (χ2n) is 3.88. The number of carbonyl (C=O) groups is 2. The van der Waals surface area contributed by atoms with Crippen molar-refractivity contribution in [1.29, 1.82) is 0 Å². The van der Waals surface area contributed by atoms with Crippen LogP contribution >= 0.6 is 15.9 Å². The van der Waals surface area contributed by atoms with Gasteiger partial charge in [-0.1, -0.05) is 0 Å². The van der Waals surface area contributed by atoms with Gasteiger partial charge in [-0.3, -0.25) is 9.59 Å². The minimum absolute atomic E-state index is 0.0486. The first-order valence-corrected chi connectivity index (χ1v) is 6.26. The van der Waals surface area contributed by atoms with E-state index in [1.54, 1.807) is 25.3 Å². The van der Waals surface area contributed by atoms with Crippen molar-refractivity contribution in [2.45, 2.75) is 6.42 Å². The summed E-state index contributed by atoms with van der Waals surface area (Å²) < 4.78 is 5.95. The largest absolute Gasteiger partial charge is 0.496 e. The number of benzene rings is 1. The highest BCUT2D eigenvalue weighted by Gasteiger charge is 2.18. The van der Waals surface area contributed by atoms with Crippen LogP contribution < -0.4 is 4.74 Å². The third-order valence-corrected chi connectivity index (χ3v) is 3.35. The van der Waals surface area contributed by atoms with Gasteiger partial charge in [-0.15, -0.1) is 0 Å². The van der Waals surface area contributed by atoms with Crippen LogP contribution in [0, 0.1) is 0 Å². The third-order valence-electron chi connectivity index (χ3n) is 2.70. The average molecular weight is 310 g/mol. The summed E-state index contributed by atoms with van der Waals surface area (Å²) in [7, 11) is 1.55. The van der Waals surface area contributed by atoms with E-state index < -0.39 is 0 Å². The van der Waals surface area contributed by atoms with Gasteiger partial charge in [0.2, 0.25) is 0 Å². The van der Waals surface area contributed by atoms with Gasteiger partial charge < -0.3 is 9.64 Å². The molecule has 1 heterocycles. The molecule has 0 N–H and O–H groups in total. The van der Waals surface area contributed by atoms with Gasteiger partial charge in [-0.2, -0.15) is 0 Å². The van der Waals surface area contributed by atoms with Crippen LogP contribution in [0.25, 0.3) is 0 Å². The van der Waals surface area contributed by atoms with Crippen LogP contribution in [0.1, 0.15) is 16.8 Å². The molecule has 0 fully saturated rings. The molecule has 0 aromatic heterocycles. The number of halogens is 1. The maximum Gasteiger partial charge on any atom is 0.257 e. The van der Waals surface area contributed by atoms with Crippen LogP contribution in [0.3, 0.4) is 0 Å². The molecular weight excluding hydrogens is 298 g/mol. The maximum atomic E-state index is 12.2. The van der Waals surface area contributed by atoms with E-state index in [9.17, 15) is 9.59 Å². The second kappa shape index (κ2) is 5.35. The summed E-state index contributed by atoms with van der Waals surface area (Å²) in [5.41, 5.74) is 0.536. The Morgan fingerprint density at radius 2 is 2.22 bits per heavy atom. The first-order valence-electron chi connectivity index (χ1n) is 5.47. The third kappa shape index (κ3) is 2.61. The lowest BCUT2D eigenvalue weighted by Gasteiger charge is -2.21. The molecule has 0 atom stereocenters. The van der Waals surface area contributed by atoms with Crippen molar-refractivity contribution < 1.29 is 14.3 Å². The molecule has 0 aliphatic carbocycles. The fourth-order valence-corrected chi connectivity index (χ4v) is 2.10. The summed E-state index contributed by atoms with van der Waals surface area (Å²) in [6, 6.07) is 5.17. The van der Waals surface area contributed by atoms with Crippen molar-refractivity contribution in [2.24, 2.45) is 0 Å². The van der Waals surface area contributed by atoms with Crippen molar-refractivity contribution in [3.8, 4) is 5.75 Å². The van der Waals surface area contributed by atoms with Gasteiger partial charge in [0.15, 0.2) is 5.78 Å². The Balaban J connectivity index is 2.24. The minimum atomic E-state index is -0.135. The quantitative estimate of drug-likeness (QED) is 0.842. The zero-order valence-electron chi connectivity index (χ0n) is 9.85. The molecule has 4 nitrogen and oxygen atoms in total. The van der Waals surface area contributed by atoms with Gasteiger partial charge in [0.1, 0.15) is 5.75 Å². The number of methoxy groups -OCH3 is 1. The van der Waals surface area contributed by atoms with Gasteiger partial charge in [-0.05, 0) is 40.2 Å². The summed E-state index contributed by atoms with van der Waals surface area (Å²) in [5.74, 6) is 0.523. The van der Waals surface area contributed by atoms with Gasteiger partial charge in [0.05, 0.1) is 11.6 Å². The lowest BCUT2D eigenvalue weighted by Crippen LogP contribution is -2.30. The molecule has 94 valence electrons. The van der Waals surface area contributed by atoms with E-state index in [0.29, 0.717) is 24.3 Å². The molecular formula is C13H12BrNO3. The fourth-order valence-electron chi connectivity index (χ4n) is 1.69. The molecule has 1 aliphatic heterocycles. The Labute approximate surface area is 113 Å². The molecule has 1 aromatic rings. The Bertz CT molecular complexity index is 525. The number of allylic oxidation sites excluding steroid dienone is 1. The van der Waals surface area contributed by atoms with E-state index >= 15 is 0 Å². The highest BCUT2D eigenvalue weighted by atomic mass is 79.9. The van der Waals surface area contributed by atoms with E-state index in [1.165, 1.54) is 17.2 Å². The number of hydrogen-bond donors (Lipinski definition) is 0. The number of ether oxygens (including phenoxy) is 1. The maximum absolute atomic E-state index is 12.2. The zero-order valence-corrected chi connectivity index (χ0v) is 11.4. The van der Waals surface area contributed by atoms with Gasteiger partial charge >= 0.3 is 0 Å². The first kappa shape index (κ1) is 12.8. The monoisotopic (exact) mass is 309 g/mol. The summed E-state index contributed by atoms with van der Waals surface area (Å²) in [6.45, 7) is 0.423. The summed E-state index contributed by atoms with van der Waals surface area (Å²) in [6.07, 6.45) is 3.33. The standard InChI is InChI=1S/C13H12BrNO3/c1-18-12-8-9(2-3-11(12)14)13(17)15-6-4-10(16)5-7-15/h2-4,6,8H,5,7H2,1H3. The predicted molar refractivity (Wildman–Crippen MR) is 70.5 cm³/mol. The molecule has 0 spiro atoms. The molecule has 1 aromatic carbocycles. The van der Waals surface area contributed by atoms with Gasteiger partial charge in [0, 0.05) is 24.7 Å². The van der Waals surface area contributed by atoms with Crippen LogP contribution in [0.15, 0.2) is 34.9 Å². The molecule has 0 saturated carbocycles. The van der Waals surface area contributed by atoms with Crippen LogP contribution in [0.4, 0.5) is 0 Å². The number of amides is 1. The van der Waals surface area contributed by atoms with Crippen LogP contribution in [0.2, 0.25) is 0 Å². The molecule has 0 bridgehead atoms. The molecule has 0 unspecified atom stereocenters. The second-order valence-corrected chi connectivity index (χ2v) is 4.73. The fraction of sp³-hybridized carbons (Fsp3) is 0.231. The topological polar surface area (TPSA) is 46.6 Å². The van der Waals surface area contributed by atoms with E-state index in [1.807, 2.05) is 0 Å². The van der Waals surface area contributed by atoms with Crippen molar-refractivity contribution in [1.82, 2.24) is 4.90 Å². The average Bonchev–Trinajstić information content (AvgIpc) is 2.39. The number of carbonyl (C=O) groups excluding carboxylic acids is 2. The zero-order chi connectivity index (χ0) is 13.1. The SMILES string of the molecule is COc1cc(C(=O)N2C=CC(=O)CC2)ccc1Br. The van der Waals surface area contributed by atoms with E-state index in [4.69, 9.17) is 4.74 Å². The van der Waals surface area contributed by atoms with Crippen LogP contribution in [0.5, 0.6) is 5.75 Å². The van der Waals surface area contributed by atoms with Crippen molar-refractivity contribution in [3.63, 3.8) is 0 Å². The lowest BCUT2D eigenvalue weighted by atomic mass is 10.1. The van der Waals surface area contributed by atoms with E-state index in [2.05, 4.69) is 15.9 Å². The molecule has 18 heavy (non-hydrogen) atoms. The van der Waals surface area contributed by atoms with Crippen LogP contribution in [-0.4, -0.2) is 30.2 Å². The van der Waals surface area contributed by atoms with Gasteiger partial charge in [-0.25, -0.2) is 0 Å². The van der Waals surface area contributed by atoms with Crippen molar-refractivity contribution in [3.05, 3.63) is 40.5 Å². The Kier molecular flexibility index (Phi) is 3.81. The molecule has 1 aliphatic rings. The van der Waals surface area contributed by atoms with Crippen molar-refractivity contribution in [2.75, 3.05) is 13.7 Å². The Morgan fingerprint density at radius 1 is 1.44 bits per heavy atom. The molecule has 0 saturated heterocycles. The Hall–Kier alpha value is -1.62. The van der Waals surface area contributed by atoms with Crippen molar-refractivity contribution >= 4 is 27.6 Å².